The zero-order chi connectivity index (χ0) is 18.6. The topological polar surface area (TPSA) is 31.7 Å². The lowest BCUT2D eigenvalue weighted by molar-refractivity contribution is 0.403. The molecule has 0 bridgehead atoms. The van der Waals surface area contributed by atoms with Crippen LogP contribution in [0.3, 0.4) is 0 Å². The van der Waals surface area contributed by atoms with Gasteiger partial charge in [-0.2, -0.15) is 0 Å². The van der Waals surface area contributed by atoms with Crippen molar-refractivity contribution in [3.05, 3.63) is 77.4 Å². The average Bonchev–Trinajstić information content (AvgIpc) is 2.85. The van der Waals surface area contributed by atoms with E-state index in [-0.39, 0.29) is 0 Å². The van der Waals surface area contributed by atoms with E-state index in [2.05, 4.69) is 77.5 Å². The summed E-state index contributed by atoms with van der Waals surface area (Å²) in [4.78, 5) is 14.1. The maximum Gasteiger partial charge on any atom is 0.158 e. The zero-order valence-electron chi connectivity index (χ0n) is 15.8. The lowest BCUT2D eigenvalue weighted by atomic mass is 10.0. The minimum absolute atomic E-state index is 0.909. The van der Waals surface area contributed by atoms with Crippen LogP contribution in [0.5, 0.6) is 0 Å². The number of fused-ring (bicyclic) bond motifs is 2. The van der Waals surface area contributed by atoms with E-state index in [1.807, 2.05) is 24.4 Å². The Hall–Kier alpha value is -2.98. The molecular weight excluding hydrogens is 332 g/mol. The Morgan fingerprint density at radius 2 is 1.78 bits per heavy atom. The first kappa shape index (κ1) is 17.4. The molecule has 4 heteroatoms. The maximum absolute atomic E-state index is 5.03. The summed E-state index contributed by atoms with van der Waals surface area (Å²) in [6.45, 7) is 1.95. The van der Waals surface area contributed by atoms with Crippen molar-refractivity contribution in [3.8, 4) is 11.1 Å². The molecule has 2 aromatic carbocycles. The van der Waals surface area contributed by atoms with E-state index in [0.29, 0.717) is 0 Å². The number of para-hydroxylation sites is 1. The van der Waals surface area contributed by atoms with Crippen molar-refractivity contribution in [3.63, 3.8) is 0 Å². The number of rotatable bonds is 5. The number of hydrogen-bond donors (Lipinski definition) is 0. The van der Waals surface area contributed by atoms with Gasteiger partial charge in [-0.1, -0.05) is 48.5 Å². The second kappa shape index (κ2) is 7.72. The first-order chi connectivity index (χ1) is 13.2. The van der Waals surface area contributed by atoms with Crippen LogP contribution in [0, 0.1) is 0 Å². The Morgan fingerprint density at radius 3 is 2.59 bits per heavy atom. The zero-order valence-corrected chi connectivity index (χ0v) is 15.8. The quantitative estimate of drug-likeness (QED) is 0.704. The van der Waals surface area contributed by atoms with E-state index in [1.54, 1.807) is 0 Å². The number of anilines is 1. The molecule has 0 fully saturated rings. The predicted octanol–water partition coefficient (Wildman–Crippen LogP) is 3.21. The third-order valence-electron chi connectivity index (χ3n) is 4.72. The fraction of sp³-hybridized carbons (Fsp3) is 0.217. The van der Waals surface area contributed by atoms with Crippen LogP contribution in [0.1, 0.15) is 6.42 Å². The molecule has 0 spiro atoms. The summed E-state index contributed by atoms with van der Waals surface area (Å²) in [7, 11) is 4.21. The highest BCUT2D eigenvalue weighted by molar-refractivity contribution is 5.72. The monoisotopic (exact) mass is 356 g/mol. The molecule has 1 aliphatic rings. The normalized spacial score (nSPS) is 12.6. The van der Waals surface area contributed by atoms with Gasteiger partial charge in [0.1, 0.15) is 5.69 Å². The SMILES string of the molecule is CN(C)CCCN1C=c2cccc(-c3ccccc3)c2=Nc2cccnc21. The summed E-state index contributed by atoms with van der Waals surface area (Å²) < 4.78 is 0. The molecule has 1 aliphatic heterocycles. The van der Waals surface area contributed by atoms with Crippen LogP contribution in [-0.2, 0) is 0 Å². The Kier molecular flexibility index (Phi) is 4.99. The highest BCUT2D eigenvalue weighted by Gasteiger charge is 2.14. The van der Waals surface area contributed by atoms with Crippen molar-refractivity contribution < 1.29 is 0 Å². The summed E-state index contributed by atoms with van der Waals surface area (Å²) in [5.41, 5.74) is 3.24. The van der Waals surface area contributed by atoms with Crippen molar-refractivity contribution in [2.75, 3.05) is 32.1 Å². The molecule has 0 amide bonds. The second-order valence-electron chi connectivity index (χ2n) is 7.05. The molecule has 0 saturated heterocycles. The van der Waals surface area contributed by atoms with Crippen LogP contribution < -0.4 is 15.5 Å². The van der Waals surface area contributed by atoms with E-state index in [0.717, 1.165) is 47.2 Å². The molecule has 0 radical (unpaired) electrons. The summed E-state index contributed by atoms with van der Waals surface area (Å²) in [6, 6.07) is 20.8. The van der Waals surface area contributed by atoms with E-state index in [1.165, 1.54) is 5.56 Å². The molecule has 3 aromatic rings. The first-order valence-corrected chi connectivity index (χ1v) is 9.34. The van der Waals surface area contributed by atoms with Crippen molar-refractivity contribution >= 4 is 17.7 Å². The number of pyridine rings is 1. The minimum Gasteiger partial charge on any atom is -0.331 e. The molecule has 4 rings (SSSR count). The molecule has 0 atom stereocenters. The van der Waals surface area contributed by atoms with Gasteiger partial charge in [0.2, 0.25) is 0 Å². The summed E-state index contributed by atoms with van der Waals surface area (Å²) in [5.74, 6) is 0.923. The number of hydrogen-bond acceptors (Lipinski definition) is 4. The highest BCUT2D eigenvalue weighted by Crippen LogP contribution is 2.27. The van der Waals surface area contributed by atoms with E-state index < -0.39 is 0 Å². The van der Waals surface area contributed by atoms with Crippen LogP contribution >= 0.6 is 0 Å². The van der Waals surface area contributed by atoms with Gasteiger partial charge < -0.3 is 9.80 Å². The van der Waals surface area contributed by atoms with E-state index in [9.17, 15) is 0 Å². The summed E-state index contributed by atoms with van der Waals surface area (Å²) in [5, 5.41) is 2.13. The van der Waals surface area contributed by atoms with Gasteiger partial charge in [-0.25, -0.2) is 9.98 Å². The van der Waals surface area contributed by atoms with Crippen molar-refractivity contribution in [2.45, 2.75) is 6.42 Å². The van der Waals surface area contributed by atoms with E-state index >= 15 is 0 Å². The maximum atomic E-state index is 5.03. The lowest BCUT2D eigenvalue weighted by Crippen LogP contribution is -2.30. The van der Waals surface area contributed by atoms with Crippen LogP contribution in [0.15, 0.2) is 71.9 Å². The molecule has 0 saturated carbocycles. The lowest BCUT2D eigenvalue weighted by Gasteiger charge is -2.20. The van der Waals surface area contributed by atoms with Crippen molar-refractivity contribution in [2.24, 2.45) is 4.99 Å². The second-order valence-corrected chi connectivity index (χ2v) is 7.05. The molecule has 136 valence electrons. The van der Waals surface area contributed by atoms with Gasteiger partial charge in [-0.05, 0) is 44.8 Å². The smallest absolute Gasteiger partial charge is 0.158 e. The number of aromatic nitrogens is 1. The standard InChI is InChI=1S/C23H24N4/c1-26(2)15-8-16-27-17-19-11-6-12-20(18-9-4-3-5-10-18)22(19)25-21-13-7-14-24-23(21)27/h3-7,9-14,17H,8,15-16H2,1-2H3. The van der Waals surface area contributed by atoms with Gasteiger partial charge in [0.15, 0.2) is 5.82 Å². The average molecular weight is 356 g/mol. The van der Waals surface area contributed by atoms with Crippen LogP contribution in [-0.4, -0.2) is 37.1 Å². The first-order valence-electron chi connectivity index (χ1n) is 9.34. The van der Waals surface area contributed by atoms with Crippen molar-refractivity contribution in [1.29, 1.82) is 0 Å². The van der Waals surface area contributed by atoms with Crippen LogP contribution in [0.2, 0.25) is 0 Å². The molecule has 27 heavy (non-hydrogen) atoms. The summed E-state index contributed by atoms with van der Waals surface area (Å²) >= 11 is 0. The fourth-order valence-electron chi connectivity index (χ4n) is 3.42. The Bertz CT molecular complexity index is 1040. The van der Waals surface area contributed by atoms with Gasteiger partial charge in [-0.3, -0.25) is 0 Å². The molecule has 4 nitrogen and oxygen atoms in total. The third-order valence-corrected chi connectivity index (χ3v) is 4.72. The van der Waals surface area contributed by atoms with Gasteiger partial charge in [-0.15, -0.1) is 0 Å². The van der Waals surface area contributed by atoms with Gasteiger partial charge >= 0.3 is 0 Å². The number of benzene rings is 2. The third kappa shape index (κ3) is 3.76. The molecule has 0 aliphatic carbocycles. The predicted molar refractivity (Wildman–Crippen MR) is 112 cm³/mol. The van der Waals surface area contributed by atoms with Crippen LogP contribution in [0.25, 0.3) is 17.3 Å². The Labute approximate surface area is 160 Å². The molecular formula is C23H24N4. The summed E-state index contributed by atoms with van der Waals surface area (Å²) in [6.07, 6.45) is 5.10. The minimum atomic E-state index is 0.909. The molecule has 0 unspecified atom stereocenters. The number of nitrogens with zero attached hydrogens (tertiary/aromatic N) is 4. The molecule has 1 aromatic heterocycles. The van der Waals surface area contributed by atoms with Gasteiger partial charge in [0, 0.05) is 29.7 Å². The van der Waals surface area contributed by atoms with Gasteiger partial charge in [0.25, 0.3) is 0 Å². The Balaban J connectivity index is 1.86. The van der Waals surface area contributed by atoms with E-state index in [4.69, 9.17) is 4.99 Å². The molecule has 2 heterocycles. The Morgan fingerprint density at radius 1 is 0.926 bits per heavy atom. The van der Waals surface area contributed by atoms with Crippen LogP contribution in [0.4, 0.5) is 11.5 Å². The van der Waals surface area contributed by atoms with Gasteiger partial charge in [0.05, 0.1) is 5.36 Å². The highest BCUT2D eigenvalue weighted by atomic mass is 15.2. The molecule has 0 N–H and O–H groups in total. The van der Waals surface area contributed by atoms with Crippen molar-refractivity contribution in [1.82, 2.24) is 9.88 Å². The largest absolute Gasteiger partial charge is 0.331 e. The fourth-order valence-corrected chi connectivity index (χ4v) is 3.42.